The number of ether oxygens (including phenoxy) is 2. The van der Waals surface area contributed by atoms with E-state index in [1.165, 1.54) is 0 Å². The first kappa shape index (κ1) is 21.4. The monoisotopic (exact) mass is 417 g/mol. The van der Waals surface area contributed by atoms with Gasteiger partial charge >= 0.3 is 0 Å². The van der Waals surface area contributed by atoms with Crippen LogP contribution < -0.4 is 20.1 Å². The van der Waals surface area contributed by atoms with E-state index in [9.17, 15) is 4.79 Å². The molecule has 0 radical (unpaired) electrons. The highest BCUT2D eigenvalue weighted by Gasteiger charge is 2.31. The quantitative estimate of drug-likeness (QED) is 0.756. The zero-order chi connectivity index (χ0) is 19.3. The number of benzene rings is 2. The maximum absolute atomic E-state index is 13.2. The number of rotatable bonds is 6. The number of likely N-dealkylation sites (N-methyl/N-ethyl adjacent to an activating group) is 1. The fourth-order valence-electron chi connectivity index (χ4n) is 3.98. The van der Waals surface area contributed by atoms with Crippen molar-refractivity contribution < 1.29 is 14.3 Å². The van der Waals surface area contributed by atoms with Crippen LogP contribution in [0.2, 0.25) is 0 Å². The molecule has 2 aromatic carbocycles. The SMILES string of the molecule is CNC1CCCN(C(C(=O)NCc2ccc3c(c2)OCO3)c2ccccc2)C1.Cl. The molecule has 7 heteroatoms. The summed E-state index contributed by atoms with van der Waals surface area (Å²) in [5.41, 5.74) is 2.03. The lowest BCUT2D eigenvalue weighted by Crippen LogP contribution is -2.49. The fourth-order valence-corrected chi connectivity index (χ4v) is 3.98. The number of fused-ring (bicyclic) bond motifs is 1. The molecule has 0 bridgehead atoms. The summed E-state index contributed by atoms with van der Waals surface area (Å²) in [6.07, 6.45) is 2.23. The Bertz CT molecular complexity index is 818. The molecule has 1 amide bonds. The standard InChI is InChI=1S/C22H27N3O3.ClH/c1-23-18-8-5-11-25(14-18)21(17-6-3-2-4-7-17)22(26)24-13-16-9-10-19-20(12-16)28-15-27-19;/h2-4,6-7,9-10,12,18,21,23H,5,8,11,13-15H2,1H3,(H,24,26);1H. The summed E-state index contributed by atoms with van der Waals surface area (Å²) in [6, 6.07) is 16.0. The number of halogens is 1. The number of carbonyl (C=O) groups is 1. The molecule has 0 aromatic heterocycles. The third-order valence-corrected chi connectivity index (χ3v) is 5.49. The van der Waals surface area contributed by atoms with Crippen molar-refractivity contribution >= 4 is 18.3 Å². The van der Waals surface area contributed by atoms with E-state index < -0.39 is 0 Å². The Morgan fingerprint density at radius 3 is 2.76 bits per heavy atom. The summed E-state index contributed by atoms with van der Waals surface area (Å²) in [5.74, 6) is 1.52. The number of hydrogen-bond donors (Lipinski definition) is 2. The van der Waals surface area contributed by atoms with Crippen molar-refractivity contribution in [2.75, 3.05) is 26.9 Å². The molecule has 4 rings (SSSR count). The van der Waals surface area contributed by atoms with E-state index in [4.69, 9.17) is 9.47 Å². The molecule has 2 N–H and O–H groups in total. The van der Waals surface area contributed by atoms with E-state index >= 15 is 0 Å². The molecule has 0 aliphatic carbocycles. The maximum Gasteiger partial charge on any atom is 0.242 e. The molecular formula is C22H28ClN3O3. The first-order chi connectivity index (χ1) is 13.7. The zero-order valence-electron chi connectivity index (χ0n) is 16.6. The lowest BCUT2D eigenvalue weighted by atomic mass is 9.98. The van der Waals surface area contributed by atoms with Crippen molar-refractivity contribution in [3.05, 3.63) is 59.7 Å². The lowest BCUT2D eigenvalue weighted by molar-refractivity contribution is -0.127. The molecular weight excluding hydrogens is 390 g/mol. The van der Waals surface area contributed by atoms with E-state index in [-0.39, 0.29) is 31.1 Å². The second-order valence-corrected chi connectivity index (χ2v) is 7.34. The van der Waals surface area contributed by atoms with Crippen molar-refractivity contribution in [2.45, 2.75) is 31.5 Å². The van der Waals surface area contributed by atoms with E-state index in [0.29, 0.717) is 12.6 Å². The van der Waals surface area contributed by atoms with Gasteiger partial charge in [-0.3, -0.25) is 9.69 Å². The highest BCUT2D eigenvalue weighted by molar-refractivity contribution is 5.85. The maximum atomic E-state index is 13.2. The van der Waals surface area contributed by atoms with Crippen LogP contribution in [0.3, 0.4) is 0 Å². The number of amides is 1. The second kappa shape index (κ2) is 9.96. The van der Waals surface area contributed by atoms with Crippen molar-refractivity contribution in [3.8, 4) is 11.5 Å². The first-order valence-corrected chi connectivity index (χ1v) is 9.87. The van der Waals surface area contributed by atoms with Crippen molar-refractivity contribution in [1.82, 2.24) is 15.5 Å². The van der Waals surface area contributed by atoms with Crippen molar-refractivity contribution in [2.24, 2.45) is 0 Å². The highest BCUT2D eigenvalue weighted by Crippen LogP contribution is 2.32. The fraction of sp³-hybridized carbons (Fsp3) is 0.409. The average Bonchev–Trinajstić information content (AvgIpc) is 3.21. The number of likely N-dealkylation sites (tertiary alicyclic amines) is 1. The van der Waals surface area contributed by atoms with Gasteiger partial charge in [0.25, 0.3) is 0 Å². The normalized spacial score (nSPS) is 19.3. The second-order valence-electron chi connectivity index (χ2n) is 7.34. The Morgan fingerprint density at radius 1 is 1.17 bits per heavy atom. The van der Waals surface area contributed by atoms with Gasteiger partial charge in [0.15, 0.2) is 11.5 Å². The Kier molecular flexibility index (Phi) is 7.36. The van der Waals surface area contributed by atoms with Crippen molar-refractivity contribution in [3.63, 3.8) is 0 Å². The van der Waals surface area contributed by atoms with Gasteiger partial charge in [-0.1, -0.05) is 36.4 Å². The Balaban J connectivity index is 0.00000240. The predicted molar refractivity (Wildman–Crippen MR) is 114 cm³/mol. The van der Waals surface area contributed by atoms with Crippen molar-refractivity contribution in [1.29, 1.82) is 0 Å². The minimum absolute atomic E-state index is 0. The van der Waals surface area contributed by atoms with E-state index in [0.717, 1.165) is 48.6 Å². The number of nitrogens with zero attached hydrogens (tertiary/aromatic N) is 1. The average molecular weight is 418 g/mol. The molecule has 2 atom stereocenters. The van der Waals surface area contributed by atoms with E-state index in [1.807, 2.05) is 55.6 Å². The summed E-state index contributed by atoms with van der Waals surface area (Å²) in [4.78, 5) is 15.5. The molecule has 156 valence electrons. The van der Waals surface area contributed by atoms with Gasteiger partial charge in [0.1, 0.15) is 6.04 Å². The minimum atomic E-state index is -0.286. The Morgan fingerprint density at radius 2 is 1.97 bits per heavy atom. The number of piperidine rings is 1. The van der Waals surface area contributed by atoms with Crippen LogP contribution in [0, 0.1) is 0 Å². The van der Waals surface area contributed by atoms with Gasteiger partial charge in [-0.15, -0.1) is 12.4 Å². The molecule has 2 heterocycles. The third kappa shape index (κ3) is 5.01. The highest BCUT2D eigenvalue weighted by atomic mass is 35.5. The van der Waals surface area contributed by atoms with Crippen LogP contribution in [0.1, 0.15) is 30.0 Å². The largest absolute Gasteiger partial charge is 0.454 e. The zero-order valence-corrected chi connectivity index (χ0v) is 17.4. The molecule has 2 unspecified atom stereocenters. The summed E-state index contributed by atoms with van der Waals surface area (Å²) in [7, 11) is 1.99. The smallest absolute Gasteiger partial charge is 0.242 e. The van der Waals surface area contributed by atoms with Crippen LogP contribution in [0.4, 0.5) is 0 Å². The molecule has 2 aliphatic heterocycles. The minimum Gasteiger partial charge on any atom is -0.454 e. The lowest BCUT2D eigenvalue weighted by Gasteiger charge is -2.37. The van der Waals surface area contributed by atoms with Gasteiger partial charge < -0.3 is 20.1 Å². The van der Waals surface area contributed by atoms with Gasteiger partial charge in [-0.05, 0) is 49.7 Å². The van der Waals surface area contributed by atoms with E-state index in [2.05, 4.69) is 15.5 Å². The molecule has 0 saturated carbocycles. The van der Waals surface area contributed by atoms with Gasteiger partial charge in [0, 0.05) is 19.1 Å². The topological polar surface area (TPSA) is 62.8 Å². The van der Waals surface area contributed by atoms with Gasteiger partial charge in [0.2, 0.25) is 12.7 Å². The van der Waals surface area contributed by atoms with E-state index in [1.54, 1.807) is 0 Å². The first-order valence-electron chi connectivity index (χ1n) is 9.87. The van der Waals surface area contributed by atoms with Gasteiger partial charge in [-0.2, -0.15) is 0 Å². The summed E-state index contributed by atoms with van der Waals surface area (Å²) < 4.78 is 10.8. The summed E-state index contributed by atoms with van der Waals surface area (Å²) in [5, 5.41) is 6.48. The van der Waals surface area contributed by atoms with Crippen LogP contribution >= 0.6 is 12.4 Å². The summed E-state index contributed by atoms with van der Waals surface area (Å²) >= 11 is 0. The molecule has 1 saturated heterocycles. The third-order valence-electron chi connectivity index (χ3n) is 5.49. The predicted octanol–water partition coefficient (Wildman–Crippen LogP) is 2.88. The van der Waals surface area contributed by atoms with Gasteiger partial charge in [-0.25, -0.2) is 0 Å². The number of nitrogens with one attached hydrogen (secondary N) is 2. The van der Waals surface area contributed by atoms with Crippen LogP contribution in [-0.2, 0) is 11.3 Å². The van der Waals surface area contributed by atoms with Crippen LogP contribution in [0.25, 0.3) is 0 Å². The Labute approximate surface area is 178 Å². The molecule has 2 aromatic rings. The summed E-state index contributed by atoms with van der Waals surface area (Å²) in [6.45, 7) is 2.51. The molecule has 1 fully saturated rings. The van der Waals surface area contributed by atoms with Crippen LogP contribution in [0.15, 0.2) is 48.5 Å². The molecule has 0 spiro atoms. The number of carbonyl (C=O) groups excluding carboxylic acids is 1. The molecule has 6 nitrogen and oxygen atoms in total. The number of hydrogen-bond acceptors (Lipinski definition) is 5. The van der Waals surface area contributed by atoms with Crippen LogP contribution in [-0.4, -0.2) is 43.8 Å². The van der Waals surface area contributed by atoms with Gasteiger partial charge in [0.05, 0.1) is 0 Å². The Hall–Kier alpha value is -2.28. The molecule has 2 aliphatic rings. The van der Waals surface area contributed by atoms with Crippen LogP contribution in [0.5, 0.6) is 11.5 Å². The molecule has 29 heavy (non-hydrogen) atoms.